The number of aryl methyl sites for hydroxylation is 1. The van der Waals surface area contributed by atoms with Gasteiger partial charge in [0, 0.05) is 20.2 Å². The summed E-state index contributed by atoms with van der Waals surface area (Å²) < 4.78 is 10.00. The smallest absolute Gasteiger partial charge is 0.256 e. The van der Waals surface area contributed by atoms with Gasteiger partial charge in [0.25, 0.3) is 5.91 Å². The van der Waals surface area contributed by atoms with Crippen LogP contribution >= 0.6 is 11.5 Å². The monoisotopic (exact) mass is 333 g/mol. The van der Waals surface area contributed by atoms with E-state index in [4.69, 9.17) is 4.74 Å². The summed E-state index contributed by atoms with van der Waals surface area (Å²) in [7, 11) is 1.79. The summed E-state index contributed by atoms with van der Waals surface area (Å²) in [6.45, 7) is 5.07. The number of amides is 1. The first-order chi connectivity index (χ1) is 11.1. The van der Waals surface area contributed by atoms with Gasteiger partial charge in [-0.05, 0) is 37.4 Å². The molecule has 1 atom stereocenters. The fraction of sp³-hybridized carbons (Fsp3) is 0.412. The van der Waals surface area contributed by atoms with Crippen molar-refractivity contribution in [1.29, 1.82) is 0 Å². The number of carbonyl (C=O) groups is 1. The van der Waals surface area contributed by atoms with Crippen LogP contribution in [0.5, 0.6) is 0 Å². The summed E-state index contributed by atoms with van der Waals surface area (Å²) in [5, 5.41) is 6.72. The number of nitrogens with zero attached hydrogens (tertiary/aromatic N) is 1. The van der Waals surface area contributed by atoms with Crippen molar-refractivity contribution < 1.29 is 9.53 Å². The quantitative estimate of drug-likeness (QED) is 0.727. The molecule has 2 N–H and O–H groups in total. The third-order valence-corrected chi connectivity index (χ3v) is 4.52. The number of anilines is 1. The van der Waals surface area contributed by atoms with Gasteiger partial charge in [-0.15, -0.1) is 0 Å². The molecule has 0 saturated heterocycles. The molecule has 1 aromatic heterocycles. The fourth-order valence-electron chi connectivity index (χ4n) is 2.25. The van der Waals surface area contributed by atoms with Crippen LogP contribution < -0.4 is 10.6 Å². The summed E-state index contributed by atoms with van der Waals surface area (Å²) in [4.78, 5) is 12.2. The van der Waals surface area contributed by atoms with E-state index in [0.717, 1.165) is 22.7 Å². The minimum atomic E-state index is -0.0864. The number of benzene rings is 1. The van der Waals surface area contributed by atoms with E-state index < -0.39 is 0 Å². The van der Waals surface area contributed by atoms with Crippen molar-refractivity contribution in [2.45, 2.75) is 26.4 Å². The van der Waals surface area contributed by atoms with Crippen molar-refractivity contribution >= 4 is 22.4 Å². The van der Waals surface area contributed by atoms with E-state index >= 15 is 0 Å². The first-order valence-corrected chi connectivity index (χ1v) is 8.49. The van der Waals surface area contributed by atoms with Gasteiger partial charge in [0.15, 0.2) is 0 Å². The third-order valence-electron chi connectivity index (χ3n) is 3.56. The van der Waals surface area contributed by atoms with Crippen LogP contribution in [0.2, 0.25) is 0 Å². The van der Waals surface area contributed by atoms with E-state index in [1.54, 1.807) is 7.05 Å². The number of rotatable bonds is 8. The van der Waals surface area contributed by atoms with Crippen LogP contribution in [0.1, 0.15) is 41.1 Å². The Kier molecular flexibility index (Phi) is 6.55. The van der Waals surface area contributed by atoms with Crippen molar-refractivity contribution in [3.05, 3.63) is 47.2 Å². The number of hydrogen-bond donors (Lipinski definition) is 2. The second-order valence-electron chi connectivity index (χ2n) is 5.26. The lowest BCUT2D eigenvalue weighted by Crippen LogP contribution is -2.26. The Morgan fingerprint density at radius 3 is 2.78 bits per heavy atom. The van der Waals surface area contributed by atoms with Gasteiger partial charge in [-0.1, -0.05) is 30.3 Å². The average Bonchev–Trinajstić information content (AvgIpc) is 2.95. The van der Waals surface area contributed by atoms with E-state index in [1.165, 1.54) is 11.5 Å². The van der Waals surface area contributed by atoms with Crippen LogP contribution in [0.4, 0.5) is 5.00 Å². The number of hydrogen-bond acceptors (Lipinski definition) is 5. The van der Waals surface area contributed by atoms with Crippen molar-refractivity contribution in [3.8, 4) is 0 Å². The maximum absolute atomic E-state index is 12.2. The molecule has 5 nitrogen and oxygen atoms in total. The summed E-state index contributed by atoms with van der Waals surface area (Å²) in [6.07, 6.45) is 0.833. The number of aromatic nitrogens is 1. The molecule has 0 aliphatic rings. The molecule has 6 heteroatoms. The zero-order chi connectivity index (χ0) is 16.7. The Balaban J connectivity index is 1.71. The Hall–Kier alpha value is -1.92. The van der Waals surface area contributed by atoms with Crippen LogP contribution in [0.15, 0.2) is 30.3 Å². The van der Waals surface area contributed by atoms with E-state index in [0.29, 0.717) is 18.7 Å². The van der Waals surface area contributed by atoms with Crippen molar-refractivity contribution in [1.82, 2.24) is 9.69 Å². The lowest BCUT2D eigenvalue weighted by molar-refractivity contribution is 0.0635. The highest BCUT2D eigenvalue weighted by atomic mass is 32.1. The zero-order valence-corrected chi connectivity index (χ0v) is 14.6. The SMILES string of the molecule is CNc1snc(C)c1C(=O)NCCCOC(C)c1ccccc1. The first kappa shape index (κ1) is 17.4. The molecule has 0 radical (unpaired) electrons. The molecule has 0 aliphatic heterocycles. The molecule has 2 rings (SSSR count). The minimum Gasteiger partial charge on any atom is -0.378 e. The first-order valence-electron chi connectivity index (χ1n) is 7.72. The third kappa shape index (κ3) is 4.77. The topological polar surface area (TPSA) is 63.2 Å². The highest BCUT2D eigenvalue weighted by Crippen LogP contribution is 2.23. The molecular weight excluding hydrogens is 310 g/mol. The highest BCUT2D eigenvalue weighted by molar-refractivity contribution is 7.10. The van der Waals surface area contributed by atoms with Crippen molar-refractivity contribution in [3.63, 3.8) is 0 Å². The highest BCUT2D eigenvalue weighted by Gasteiger charge is 2.16. The number of carbonyl (C=O) groups excluding carboxylic acids is 1. The number of nitrogens with one attached hydrogen (secondary N) is 2. The molecule has 2 aromatic rings. The van der Waals surface area contributed by atoms with Gasteiger partial charge in [-0.3, -0.25) is 4.79 Å². The molecule has 1 unspecified atom stereocenters. The molecule has 0 spiro atoms. The second-order valence-corrected chi connectivity index (χ2v) is 6.03. The second kappa shape index (κ2) is 8.64. The van der Waals surface area contributed by atoms with Crippen LogP contribution in [0, 0.1) is 6.92 Å². The van der Waals surface area contributed by atoms with E-state index in [2.05, 4.69) is 27.1 Å². The summed E-state index contributed by atoms with van der Waals surface area (Å²) in [5.74, 6) is -0.0864. The van der Waals surface area contributed by atoms with Gasteiger partial charge in [-0.25, -0.2) is 0 Å². The maximum atomic E-state index is 12.2. The Bertz CT molecular complexity index is 628. The maximum Gasteiger partial charge on any atom is 0.256 e. The molecule has 1 heterocycles. The minimum absolute atomic E-state index is 0.0612. The van der Waals surface area contributed by atoms with Crippen LogP contribution in [0.25, 0.3) is 0 Å². The van der Waals surface area contributed by atoms with Gasteiger partial charge < -0.3 is 15.4 Å². The van der Waals surface area contributed by atoms with Crippen LogP contribution in [0.3, 0.4) is 0 Å². The lowest BCUT2D eigenvalue weighted by atomic mass is 10.1. The molecule has 23 heavy (non-hydrogen) atoms. The van der Waals surface area contributed by atoms with Gasteiger partial charge in [-0.2, -0.15) is 4.37 Å². The van der Waals surface area contributed by atoms with E-state index in [9.17, 15) is 4.79 Å². The van der Waals surface area contributed by atoms with Gasteiger partial charge >= 0.3 is 0 Å². The van der Waals surface area contributed by atoms with Crippen LogP contribution in [-0.4, -0.2) is 30.5 Å². The van der Waals surface area contributed by atoms with Gasteiger partial charge in [0.2, 0.25) is 0 Å². The Morgan fingerprint density at radius 1 is 1.35 bits per heavy atom. The van der Waals surface area contributed by atoms with Gasteiger partial charge in [0.05, 0.1) is 17.4 Å². The lowest BCUT2D eigenvalue weighted by Gasteiger charge is -2.13. The van der Waals surface area contributed by atoms with Crippen molar-refractivity contribution in [2.75, 3.05) is 25.5 Å². The van der Waals surface area contributed by atoms with Crippen LogP contribution in [-0.2, 0) is 4.74 Å². The largest absolute Gasteiger partial charge is 0.378 e. The molecule has 0 saturated carbocycles. The molecule has 0 aliphatic carbocycles. The Morgan fingerprint density at radius 2 is 2.09 bits per heavy atom. The van der Waals surface area contributed by atoms with E-state index in [1.807, 2.05) is 32.0 Å². The van der Waals surface area contributed by atoms with E-state index in [-0.39, 0.29) is 12.0 Å². The molecule has 1 amide bonds. The summed E-state index contributed by atoms with van der Waals surface area (Å²) in [5.41, 5.74) is 2.55. The number of ether oxygens (including phenoxy) is 1. The van der Waals surface area contributed by atoms with Gasteiger partial charge in [0.1, 0.15) is 5.00 Å². The molecule has 124 valence electrons. The summed E-state index contributed by atoms with van der Waals surface area (Å²) in [6, 6.07) is 10.1. The molecule has 1 aromatic carbocycles. The molecule has 0 bridgehead atoms. The normalized spacial score (nSPS) is 12.0. The average molecular weight is 333 g/mol. The molecular formula is C17H23N3O2S. The van der Waals surface area contributed by atoms with Crippen molar-refractivity contribution in [2.24, 2.45) is 0 Å². The fourth-order valence-corrected chi connectivity index (χ4v) is 2.99. The Labute approximate surface area is 141 Å². The molecule has 0 fully saturated rings. The zero-order valence-electron chi connectivity index (χ0n) is 13.8. The summed E-state index contributed by atoms with van der Waals surface area (Å²) >= 11 is 1.30. The standard InChI is InChI=1S/C17H23N3O2S/c1-12-15(17(18-3)23-20-12)16(21)19-10-7-11-22-13(2)14-8-5-4-6-9-14/h4-6,8-9,13,18H,7,10-11H2,1-3H3,(H,19,21). The predicted octanol–water partition coefficient (Wildman–Crippen LogP) is 3.39. The predicted molar refractivity (Wildman–Crippen MR) is 94.2 cm³/mol.